The molecule has 0 amide bonds. The first-order chi connectivity index (χ1) is 20.6. The second-order valence-corrected chi connectivity index (χ2v) is 10.4. The first-order valence-corrected chi connectivity index (χ1v) is 14.3. The Hall–Kier alpha value is -3.62. The number of hydrogen-bond donors (Lipinski definition) is 1. The Kier molecular flexibility index (Phi) is 10.7. The van der Waals surface area contributed by atoms with Gasteiger partial charge in [-0.2, -0.15) is 0 Å². The predicted octanol–water partition coefficient (Wildman–Crippen LogP) is 6.23. The third-order valence-corrected chi connectivity index (χ3v) is 7.27. The first-order valence-electron chi connectivity index (χ1n) is 14.3. The van der Waals surface area contributed by atoms with E-state index in [1.165, 1.54) is 6.08 Å². The Morgan fingerprint density at radius 2 is 1.00 bits per heavy atom. The summed E-state index contributed by atoms with van der Waals surface area (Å²) in [6, 6.07) is 39.5. The fraction of sp³-hybridized carbons (Fsp3) is 0.278. The molecule has 6 heteroatoms. The van der Waals surface area contributed by atoms with E-state index in [0.29, 0.717) is 19.8 Å². The van der Waals surface area contributed by atoms with Crippen molar-refractivity contribution in [3.8, 4) is 0 Å². The van der Waals surface area contributed by atoms with Crippen molar-refractivity contribution in [2.45, 2.75) is 56.6 Å². The molecule has 218 valence electrons. The van der Waals surface area contributed by atoms with Gasteiger partial charge in [0.2, 0.25) is 5.79 Å². The highest BCUT2D eigenvalue weighted by Crippen LogP contribution is 2.36. The molecule has 0 aromatic heterocycles. The van der Waals surface area contributed by atoms with Gasteiger partial charge < -0.3 is 28.8 Å². The lowest BCUT2D eigenvalue weighted by molar-refractivity contribution is -0.351. The van der Waals surface area contributed by atoms with E-state index in [1.807, 2.05) is 121 Å². The van der Waals surface area contributed by atoms with E-state index in [4.69, 9.17) is 23.7 Å². The molecule has 1 fully saturated rings. The molecule has 0 aliphatic carbocycles. The number of hydrogen-bond acceptors (Lipinski definition) is 6. The van der Waals surface area contributed by atoms with Gasteiger partial charge in [0.15, 0.2) is 0 Å². The fourth-order valence-corrected chi connectivity index (χ4v) is 5.05. The van der Waals surface area contributed by atoms with Crippen molar-refractivity contribution in [3.05, 3.63) is 156 Å². The van der Waals surface area contributed by atoms with Crippen molar-refractivity contribution in [2.24, 2.45) is 0 Å². The third-order valence-electron chi connectivity index (χ3n) is 7.27. The molecule has 4 aromatic carbocycles. The topological polar surface area (TPSA) is 66.4 Å². The highest BCUT2D eigenvalue weighted by Gasteiger charge is 2.55. The molecule has 4 aromatic rings. The molecule has 1 aliphatic rings. The molecule has 0 saturated carbocycles. The summed E-state index contributed by atoms with van der Waals surface area (Å²) in [5.74, 6) is -1.84. The van der Waals surface area contributed by atoms with Crippen LogP contribution in [0.15, 0.2) is 134 Å². The van der Waals surface area contributed by atoms with E-state index in [1.54, 1.807) is 0 Å². The van der Waals surface area contributed by atoms with E-state index < -0.39 is 30.2 Å². The third kappa shape index (κ3) is 8.01. The normalized spacial score (nSPS) is 23.8. The van der Waals surface area contributed by atoms with Gasteiger partial charge in [-0.15, -0.1) is 0 Å². The molecule has 0 unspecified atom stereocenters. The number of ether oxygens (including phenoxy) is 5. The number of aliphatic hydroxyl groups is 1. The summed E-state index contributed by atoms with van der Waals surface area (Å²) in [4.78, 5) is 0. The maximum atomic E-state index is 11.8. The Morgan fingerprint density at radius 1 is 0.595 bits per heavy atom. The predicted molar refractivity (Wildman–Crippen MR) is 161 cm³/mol. The molecule has 0 radical (unpaired) electrons. The molecule has 1 saturated heterocycles. The highest BCUT2D eigenvalue weighted by atomic mass is 16.7. The number of rotatable bonds is 14. The molecular weight excluding hydrogens is 528 g/mol. The van der Waals surface area contributed by atoms with Crippen LogP contribution in [0.2, 0.25) is 0 Å². The zero-order chi connectivity index (χ0) is 29.0. The lowest BCUT2D eigenvalue weighted by Gasteiger charge is -2.49. The largest absolute Gasteiger partial charge is 0.374 e. The van der Waals surface area contributed by atoms with E-state index >= 15 is 0 Å². The number of benzene rings is 4. The van der Waals surface area contributed by atoms with Crippen LogP contribution in [0.5, 0.6) is 0 Å². The SMILES string of the molecule is C=C[C@]1(O)O[C@H](COCc2ccccc2)[C@@H](OCc2ccccc2)[C@H](OCc2ccccc2)[C@@H]1OCc1ccccc1. The monoisotopic (exact) mass is 566 g/mol. The summed E-state index contributed by atoms with van der Waals surface area (Å²) in [7, 11) is 0. The quantitative estimate of drug-likeness (QED) is 0.183. The molecule has 1 N–H and O–H groups in total. The van der Waals surface area contributed by atoms with Crippen LogP contribution < -0.4 is 0 Å². The van der Waals surface area contributed by atoms with E-state index in [0.717, 1.165) is 22.3 Å². The summed E-state index contributed by atoms with van der Waals surface area (Å²) >= 11 is 0. The van der Waals surface area contributed by atoms with Gasteiger partial charge in [-0.1, -0.05) is 128 Å². The first kappa shape index (κ1) is 29.9. The van der Waals surface area contributed by atoms with Crippen LogP contribution in [0.1, 0.15) is 22.3 Å². The minimum absolute atomic E-state index is 0.168. The zero-order valence-electron chi connectivity index (χ0n) is 23.7. The molecule has 6 nitrogen and oxygen atoms in total. The standard InChI is InChI=1S/C36H38O6/c1-2-36(37)35(41-26-31-21-13-6-14-22-31)34(40-25-30-19-11-5-12-20-30)33(39-24-29-17-9-4-10-18-29)32(42-36)27-38-23-28-15-7-3-8-16-28/h2-22,32-35,37H,1,23-27H2/t32-,33-,34+,35+,36+/m1/s1. The van der Waals surface area contributed by atoms with Gasteiger partial charge in [-0.3, -0.25) is 0 Å². The van der Waals surface area contributed by atoms with Gasteiger partial charge in [0, 0.05) is 0 Å². The Bertz CT molecular complexity index is 1330. The van der Waals surface area contributed by atoms with Gasteiger partial charge in [0.05, 0.1) is 33.0 Å². The van der Waals surface area contributed by atoms with Gasteiger partial charge in [0.25, 0.3) is 0 Å². The molecule has 0 spiro atoms. The zero-order valence-corrected chi connectivity index (χ0v) is 23.7. The second kappa shape index (κ2) is 15.0. The van der Waals surface area contributed by atoms with Crippen LogP contribution in [0.4, 0.5) is 0 Å². The van der Waals surface area contributed by atoms with Crippen LogP contribution in [-0.4, -0.2) is 41.9 Å². The molecule has 5 atom stereocenters. The average molecular weight is 567 g/mol. The molecule has 5 rings (SSSR count). The van der Waals surface area contributed by atoms with Gasteiger partial charge in [0.1, 0.15) is 24.4 Å². The maximum absolute atomic E-state index is 11.8. The summed E-state index contributed by atoms with van der Waals surface area (Å²) in [5.41, 5.74) is 4.00. The Labute approximate surface area is 248 Å². The van der Waals surface area contributed by atoms with Gasteiger partial charge in [-0.25, -0.2) is 0 Å². The smallest absolute Gasteiger partial charge is 0.215 e. The van der Waals surface area contributed by atoms with Gasteiger partial charge in [-0.05, 0) is 28.3 Å². The van der Waals surface area contributed by atoms with Crippen LogP contribution in [0.3, 0.4) is 0 Å². The van der Waals surface area contributed by atoms with Crippen LogP contribution in [0, 0.1) is 0 Å². The van der Waals surface area contributed by atoms with Crippen LogP contribution in [-0.2, 0) is 50.1 Å². The Balaban J connectivity index is 1.42. The van der Waals surface area contributed by atoms with E-state index in [2.05, 4.69) is 6.58 Å². The molecule has 1 aliphatic heterocycles. The van der Waals surface area contributed by atoms with Gasteiger partial charge >= 0.3 is 0 Å². The van der Waals surface area contributed by atoms with E-state index in [-0.39, 0.29) is 13.2 Å². The van der Waals surface area contributed by atoms with Crippen molar-refractivity contribution in [3.63, 3.8) is 0 Å². The van der Waals surface area contributed by atoms with Crippen LogP contribution >= 0.6 is 0 Å². The summed E-state index contributed by atoms with van der Waals surface area (Å²) in [5, 5.41) is 11.8. The average Bonchev–Trinajstić information content (AvgIpc) is 3.05. The van der Waals surface area contributed by atoms with Crippen molar-refractivity contribution in [2.75, 3.05) is 6.61 Å². The summed E-state index contributed by atoms with van der Waals surface area (Å²) < 4.78 is 31.9. The lowest BCUT2D eigenvalue weighted by atomic mass is 9.91. The highest BCUT2D eigenvalue weighted by molar-refractivity contribution is 5.17. The Morgan fingerprint density at radius 3 is 1.45 bits per heavy atom. The maximum Gasteiger partial charge on any atom is 0.215 e. The van der Waals surface area contributed by atoms with Crippen molar-refractivity contribution in [1.29, 1.82) is 0 Å². The van der Waals surface area contributed by atoms with Crippen molar-refractivity contribution < 1.29 is 28.8 Å². The fourth-order valence-electron chi connectivity index (χ4n) is 5.05. The van der Waals surface area contributed by atoms with Crippen LogP contribution in [0.25, 0.3) is 0 Å². The minimum atomic E-state index is -1.84. The van der Waals surface area contributed by atoms with Crippen molar-refractivity contribution >= 4 is 0 Å². The molecule has 42 heavy (non-hydrogen) atoms. The molecular formula is C36H38O6. The summed E-state index contributed by atoms with van der Waals surface area (Å²) in [6.45, 7) is 5.33. The van der Waals surface area contributed by atoms with E-state index in [9.17, 15) is 5.11 Å². The van der Waals surface area contributed by atoms with Crippen molar-refractivity contribution in [1.82, 2.24) is 0 Å². The summed E-state index contributed by atoms with van der Waals surface area (Å²) in [6.07, 6.45) is -1.55. The molecule has 0 bridgehead atoms. The molecule has 1 heterocycles. The lowest BCUT2D eigenvalue weighted by Crippen LogP contribution is -2.66. The second-order valence-electron chi connectivity index (χ2n) is 10.4. The minimum Gasteiger partial charge on any atom is -0.374 e.